The molecule has 2 rings (SSSR count). The highest BCUT2D eigenvalue weighted by molar-refractivity contribution is 7.99. The average Bonchev–Trinajstić information content (AvgIpc) is 2.53. The number of para-hydroxylation sites is 1. The molecule has 0 aliphatic heterocycles. The quantitative estimate of drug-likeness (QED) is 0.544. The van der Waals surface area contributed by atoms with Crippen molar-refractivity contribution in [1.29, 1.82) is 0 Å². The first kappa shape index (κ1) is 16.4. The molecule has 2 N–H and O–H groups in total. The fourth-order valence-corrected chi connectivity index (χ4v) is 2.36. The van der Waals surface area contributed by atoms with Crippen LogP contribution in [0.4, 0.5) is 11.9 Å². The van der Waals surface area contributed by atoms with E-state index in [0.29, 0.717) is 23.7 Å². The minimum atomic E-state index is 0.597. The van der Waals surface area contributed by atoms with Crippen LogP contribution in [0.2, 0.25) is 0 Å². The minimum absolute atomic E-state index is 0.597. The number of aromatic nitrogens is 3. The van der Waals surface area contributed by atoms with E-state index in [1.54, 1.807) is 11.8 Å². The van der Waals surface area contributed by atoms with Gasteiger partial charge in [-0.05, 0) is 26.0 Å². The lowest BCUT2D eigenvalue weighted by molar-refractivity contribution is 0.344. The van der Waals surface area contributed by atoms with Crippen LogP contribution in [0.3, 0.4) is 0 Å². The van der Waals surface area contributed by atoms with E-state index in [2.05, 4.69) is 25.6 Å². The zero-order valence-electron chi connectivity index (χ0n) is 12.9. The van der Waals surface area contributed by atoms with Crippen molar-refractivity contribution in [2.45, 2.75) is 19.0 Å². The van der Waals surface area contributed by atoms with Crippen LogP contribution in [0.25, 0.3) is 0 Å². The lowest BCUT2D eigenvalue weighted by Crippen LogP contribution is -2.10. The first-order valence-corrected chi connectivity index (χ1v) is 8.34. The number of anilines is 2. The third-order valence-electron chi connectivity index (χ3n) is 2.61. The number of benzene rings is 1. The molecule has 7 heteroatoms. The van der Waals surface area contributed by atoms with Gasteiger partial charge in [0.1, 0.15) is 5.75 Å². The normalized spacial score (nSPS) is 10.3. The maximum absolute atomic E-state index is 5.66. The number of hydrogen-bond acceptors (Lipinski definition) is 7. The number of rotatable bonds is 9. The van der Waals surface area contributed by atoms with Gasteiger partial charge in [0.15, 0.2) is 5.16 Å². The molecule has 0 aliphatic rings. The van der Waals surface area contributed by atoms with Crippen molar-refractivity contribution in [3.8, 4) is 5.75 Å². The van der Waals surface area contributed by atoms with Gasteiger partial charge in [0.25, 0.3) is 0 Å². The molecule has 0 atom stereocenters. The molecule has 22 heavy (non-hydrogen) atoms. The van der Waals surface area contributed by atoms with E-state index in [1.807, 2.05) is 44.2 Å². The maximum atomic E-state index is 5.66. The Kier molecular flexibility index (Phi) is 6.76. The second kappa shape index (κ2) is 9.09. The van der Waals surface area contributed by atoms with Gasteiger partial charge in [-0.1, -0.05) is 30.0 Å². The standard InChI is InChI=1S/C15H21N5OS/c1-3-16-13-18-14(17-4-2)20-15(19-13)22-11-10-21-12-8-6-5-7-9-12/h5-9H,3-4,10-11H2,1-2H3,(H2,16,17,18,19,20). The summed E-state index contributed by atoms with van der Waals surface area (Å²) in [5.41, 5.74) is 0. The van der Waals surface area contributed by atoms with Crippen LogP contribution in [-0.2, 0) is 0 Å². The second-order valence-corrected chi connectivity index (χ2v) is 5.40. The minimum Gasteiger partial charge on any atom is -0.493 e. The van der Waals surface area contributed by atoms with E-state index in [-0.39, 0.29) is 0 Å². The van der Waals surface area contributed by atoms with Crippen molar-refractivity contribution in [1.82, 2.24) is 15.0 Å². The van der Waals surface area contributed by atoms with Crippen LogP contribution >= 0.6 is 11.8 Å². The molecule has 6 nitrogen and oxygen atoms in total. The van der Waals surface area contributed by atoms with Gasteiger partial charge in [-0.25, -0.2) is 0 Å². The molecule has 0 aliphatic carbocycles. The lowest BCUT2D eigenvalue weighted by Gasteiger charge is -2.08. The molecule has 0 amide bonds. The van der Waals surface area contributed by atoms with Crippen molar-refractivity contribution in [2.24, 2.45) is 0 Å². The molecule has 0 radical (unpaired) electrons. The molecular formula is C15H21N5OS. The van der Waals surface area contributed by atoms with Crippen molar-refractivity contribution < 1.29 is 4.74 Å². The van der Waals surface area contributed by atoms with Gasteiger partial charge in [0.05, 0.1) is 6.61 Å². The number of hydrogen-bond donors (Lipinski definition) is 2. The van der Waals surface area contributed by atoms with Crippen LogP contribution in [-0.4, -0.2) is 40.4 Å². The predicted octanol–water partition coefficient (Wildman–Crippen LogP) is 2.91. The third kappa shape index (κ3) is 5.40. The van der Waals surface area contributed by atoms with E-state index >= 15 is 0 Å². The number of ether oxygens (including phenoxy) is 1. The van der Waals surface area contributed by atoms with Gasteiger partial charge in [-0.15, -0.1) is 0 Å². The van der Waals surface area contributed by atoms with Crippen molar-refractivity contribution in [3.05, 3.63) is 30.3 Å². The van der Waals surface area contributed by atoms with Crippen molar-refractivity contribution >= 4 is 23.7 Å². The van der Waals surface area contributed by atoms with Gasteiger partial charge in [-0.2, -0.15) is 15.0 Å². The van der Waals surface area contributed by atoms with Crippen LogP contribution in [0.15, 0.2) is 35.5 Å². The summed E-state index contributed by atoms with van der Waals surface area (Å²) in [6.07, 6.45) is 0. The van der Waals surface area contributed by atoms with E-state index in [4.69, 9.17) is 4.74 Å². The molecule has 118 valence electrons. The van der Waals surface area contributed by atoms with Crippen LogP contribution < -0.4 is 15.4 Å². The molecule has 1 heterocycles. The molecule has 1 aromatic heterocycles. The first-order chi connectivity index (χ1) is 10.8. The Labute approximate surface area is 135 Å². The number of thioether (sulfide) groups is 1. The largest absolute Gasteiger partial charge is 0.493 e. The third-order valence-corrected chi connectivity index (χ3v) is 3.42. The molecule has 0 unspecified atom stereocenters. The summed E-state index contributed by atoms with van der Waals surface area (Å²) < 4.78 is 5.66. The summed E-state index contributed by atoms with van der Waals surface area (Å²) in [5, 5.41) is 6.93. The van der Waals surface area contributed by atoms with Gasteiger partial charge in [0.2, 0.25) is 11.9 Å². The van der Waals surface area contributed by atoms with Gasteiger partial charge >= 0.3 is 0 Å². The Morgan fingerprint density at radius 3 is 2.18 bits per heavy atom. The summed E-state index contributed by atoms with van der Waals surface area (Å²) >= 11 is 1.55. The molecule has 0 saturated heterocycles. The lowest BCUT2D eigenvalue weighted by atomic mass is 10.3. The van der Waals surface area contributed by atoms with Crippen LogP contribution in [0, 0.1) is 0 Å². The Hall–Kier alpha value is -2.02. The summed E-state index contributed by atoms with van der Waals surface area (Å²) in [7, 11) is 0. The highest BCUT2D eigenvalue weighted by Gasteiger charge is 2.06. The topological polar surface area (TPSA) is 72.0 Å². The predicted molar refractivity (Wildman–Crippen MR) is 90.8 cm³/mol. The molecule has 0 spiro atoms. The average molecular weight is 319 g/mol. The van der Waals surface area contributed by atoms with E-state index < -0.39 is 0 Å². The highest BCUT2D eigenvalue weighted by atomic mass is 32.2. The van der Waals surface area contributed by atoms with Gasteiger partial charge < -0.3 is 15.4 Å². The zero-order valence-corrected chi connectivity index (χ0v) is 13.7. The summed E-state index contributed by atoms with van der Waals surface area (Å²) in [6.45, 7) is 6.18. The molecule has 0 fully saturated rings. The fourth-order valence-electron chi connectivity index (χ4n) is 1.70. The van der Waals surface area contributed by atoms with Crippen LogP contribution in [0.1, 0.15) is 13.8 Å². The molecule has 2 aromatic rings. The number of nitrogens with zero attached hydrogens (tertiary/aromatic N) is 3. The Bertz CT molecular complexity index is 543. The number of nitrogens with one attached hydrogen (secondary N) is 2. The molecular weight excluding hydrogens is 298 g/mol. The SMILES string of the molecule is CCNc1nc(NCC)nc(SCCOc2ccccc2)n1. The molecule has 0 bridgehead atoms. The Balaban J connectivity index is 1.88. The van der Waals surface area contributed by atoms with Gasteiger partial charge in [0, 0.05) is 18.8 Å². The Morgan fingerprint density at radius 1 is 0.955 bits per heavy atom. The zero-order chi connectivity index (χ0) is 15.6. The molecule has 0 saturated carbocycles. The van der Waals surface area contributed by atoms with E-state index in [0.717, 1.165) is 24.6 Å². The van der Waals surface area contributed by atoms with E-state index in [1.165, 1.54) is 0 Å². The van der Waals surface area contributed by atoms with Crippen LogP contribution in [0.5, 0.6) is 5.75 Å². The van der Waals surface area contributed by atoms with Gasteiger partial charge in [-0.3, -0.25) is 0 Å². The maximum Gasteiger partial charge on any atom is 0.228 e. The first-order valence-electron chi connectivity index (χ1n) is 7.36. The van der Waals surface area contributed by atoms with E-state index in [9.17, 15) is 0 Å². The Morgan fingerprint density at radius 2 is 1.59 bits per heavy atom. The van der Waals surface area contributed by atoms with Crippen molar-refractivity contribution in [2.75, 3.05) is 36.1 Å². The second-order valence-electron chi connectivity index (χ2n) is 4.34. The fraction of sp³-hybridized carbons (Fsp3) is 0.400. The smallest absolute Gasteiger partial charge is 0.228 e. The summed E-state index contributed by atoms with van der Waals surface area (Å²) in [4.78, 5) is 13.1. The molecule has 1 aromatic carbocycles. The van der Waals surface area contributed by atoms with Crippen molar-refractivity contribution in [3.63, 3.8) is 0 Å². The summed E-state index contributed by atoms with van der Waals surface area (Å²) in [6, 6.07) is 9.77. The summed E-state index contributed by atoms with van der Waals surface area (Å²) in [5.74, 6) is 2.84. The highest BCUT2D eigenvalue weighted by Crippen LogP contribution is 2.17. The monoisotopic (exact) mass is 319 g/mol.